The average molecular weight is 345 g/mol. The Kier molecular flexibility index (Phi) is 7.99. The van der Waals surface area contributed by atoms with E-state index in [-0.39, 0.29) is 0 Å². The summed E-state index contributed by atoms with van der Waals surface area (Å²) in [6.07, 6.45) is 14.9. The molecule has 0 atom stereocenters. The third-order valence-corrected chi connectivity index (χ3v) is 5.70. The van der Waals surface area contributed by atoms with Crippen molar-refractivity contribution in [1.29, 1.82) is 0 Å². The summed E-state index contributed by atoms with van der Waals surface area (Å²) in [6.45, 7) is 3.65. The number of benzene rings is 1. The Balaban J connectivity index is 1.64. The molecule has 1 aliphatic carbocycles. The highest BCUT2D eigenvalue weighted by molar-refractivity contribution is 5.73. The van der Waals surface area contributed by atoms with Crippen molar-refractivity contribution >= 4 is 5.97 Å². The molecule has 1 N–H and O–H groups in total. The lowest BCUT2D eigenvalue weighted by Crippen LogP contribution is -2.23. The number of carboxylic acid groups (broad SMARTS) is 1. The number of rotatable bonds is 13. The third-order valence-electron chi connectivity index (χ3n) is 5.70. The molecule has 0 spiro atoms. The fourth-order valence-corrected chi connectivity index (χ4v) is 3.54. The van der Waals surface area contributed by atoms with E-state index >= 15 is 0 Å². The number of unbranched alkanes of at least 4 members (excludes halogenated alkanes) is 4. The minimum Gasteiger partial charge on any atom is -0.481 e. The number of aliphatic carboxylic acids is 1. The van der Waals surface area contributed by atoms with Gasteiger partial charge in [-0.1, -0.05) is 69.2 Å². The average Bonchev–Trinajstić information content (AvgIpc) is 3.39. The summed E-state index contributed by atoms with van der Waals surface area (Å²) in [6, 6.07) is 8.89. The van der Waals surface area contributed by atoms with Gasteiger partial charge in [0.15, 0.2) is 0 Å². The van der Waals surface area contributed by atoms with Crippen LogP contribution in [0.5, 0.6) is 0 Å². The molecule has 1 fully saturated rings. The van der Waals surface area contributed by atoms with E-state index in [1.807, 2.05) is 13.8 Å². The predicted octanol–water partition coefficient (Wildman–Crippen LogP) is 6.41. The fraction of sp³-hybridized carbons (Fsp3) is 0.696. The molecule has 0 saturated heterocycles. The van der Waals surface area contributed by atoms with Gasteiger partial charge < -0.3 is 5.11 Å². The summed E-state index contributed by atoms with van der Waals surface area (Å²) in [4.78, 5) is 11.1. The summed E-state index contributed by atoms with van der Waals surface area (Å²) >= 11 is 0. The lowest BCUT2D eigenvalue weighted by atomic mass is 9.87. The highest BCUT2D eigenvalue weighted by atomic mass is 16.4. The summed E-state index contributed by atoms with van der Waals surface area (Å²) in [5.41, 5.74) is 2.44. The van der Waals surface area contributed by atoms with Crippen molar-refractivity contribution in [3.8, 4) is 0 Å². The monoisotopic (exact) mass is 344 g/mol. The van der Waals surface area contributed by atoms with Crippen LogP contribution in [0.4, 0.5) is 0 Å². The zero-order valence-electron chi connectivity index (χ0n) is 16.2. The van der Waals surface area contributed by atoms with Gasteiger partial charge in [-0.25, -0.2) is 0 Å². The lowest BCUT2D eigenvalue weighted by Gasteiger charge is -2.18. The van der Waals surface area contributed by atoms with E-state index < -0.39 is 11.4 Å². The molecule has 1 aromatic rings. The molecule has 0 bridgehead atoms. The van der Waals surface area contributed by atoms with Crippen LogP contribution in [0, 0.1) is 11.3 Å². The first-order valence-electron chi connectivity index (χ1n) is 10.3. The van der Waals surface area contributed by atoms with Crippen LogP contribution in [-0.4, -0.2) is 11.1 Å². The van der Waals surface area contributed by atoms with E-state index in [0.717, 1.165) is 38.0 Å². The Morgan fingerprint density at radius 1 is 0.960 bits per heavy atom. The van der Waals surface area contributed by atoms with Gasteiger partial charge in [0.05, 0.1) is 5.41 Å². The van der Waals surface area contributed by atoms with Gasteiger partial charge in [-0.15, -0.1) is 0 Å². The molecule has 0 aromatic heterocycles. The van der Waals surface area contributed by atoms with Crippen molar-refractivity contribution in [2.75, 3.05) is 0 Å². The van der Waals surface area contributed by atoms with Crippen molar-refractivity contribution in [1.82, 2.24) is 0 Å². The summed E-state index contributed by atoms with van der Waals surface area (Å²) < 4.78 is 0. The van der Waals surface area contributed by atoms with Gasteiger partial charge in [-0.2, -0.15) is 0 Å². The minimum atomic E-state index is -0.681. The van der Waals surface area contributed by atoms with Crippen molar-refractivity contribution < 1.29 is 9.90 Å². The standard InChI is InChI=1S/C23H36O2/c1-23(2,22(24)25)18-10-4-7-13-21-15-9-8-14-20(21)12-6-3-5-11-19-16-17-19/h8-9,14-15,19H,3-7,10-13,16-18H2,1-2H3,(H,24,25). The van der Waals surface area contributed by atoms with Gasteiger partial charge in [-0.3, -0.25) is 4.79 Å². The molecule has 0 amide bonds. The molecule has 1 saturated carbocycles. The molecular formula is C23H36O2. The van der Waals surface area contributed by atoms with Gasteiger partial charge in [-0.05, 0) is 63.0 Å². The molecule has 2 rings (SSSR count). The number of aryl methyl sites for hydroxylation is 2. The molecule has 1 aromatic carbocycles. The Bertz CT molecular complexity index is 529. The van der Waals surface area contributed by atoms with Crippen LogP contribution in [0.25, 0.3) is 0 Å². The maximum atomic E-state index is 11.1. The Labute approximate surface area is 154 Å². The maximum absolute atomic E-state index is 11.1. The Morgan fingerprint density at radius 2 is 1.52 bits per heavy atom. The van der Waals surface area contributed by atoms with Crippen molar-refractivity contribution in [3.63, 3.8) is 0 Å². The zero-order valence-corrected chi connectivity index (χ0v) is 16.2. The first-order valence-corrected chi connectivity index (χ1v) is 10.3. The fourth-order valence-electron chi connectivity index (χ4n) is 3.54. The van der Waals surface area contributed by atoms with Gasteiger partial charge in [0.25, 0.3) is 0 Å². The van der Waals surface area contributed by atoms with Crippen LogP contribution in [0.3, 0.4) is 0 Å². The van der Waals surface area contributed by atoms with Gasteiger partial charge in [0.2, 0.25) is 0 Å². The van der Waals surface area contributed by atoms with Gasteiger partial charge in [0, 0.05) is 0 Å². The normalized spacial score (nSPS) is 14.6. The molecule has 2 heteroatoms. The summed E-state index contributed by atoms with van der Waals surface area (Å²) in [7, 11) is 0. The zero-order chi connectivity index (χ0) is 18.1. The van der Waals surface area contributed by atoms with Crippen molar-refractivity contribution in [3.05, 3.63) is 35.4 Å². The highest BCUT2D eigenvalue weighted by Gasteiger charge is 2.25. The number of hydrogen-bond acceptors (Lipinski definition) is 1. The molecule has 0 unspecified atom stereocenters. The van der Waals surface area contributed by atoms with Crippen LogP contribution in [0.1, 0.15) is 89.2 Å². The second-order valence-electron chi connectivity index (χ2n) is 8.56. The first kappa shape index (κ1) is 20.0. The topological polar surface area (TPSA) is 37.3 Å². The van der Waals surface area contributed by atoms with Crippen LogP contribution in [0.15, 0.2) is 24.3 Å². The Morgan fingerprint density at radius 3 is 2.04 bits per heavy atom. The van der Waals surface area contributed by atoms with E-state index in [9.17, 15) is 4.79 Å². The highest BCUT2D eigenvalue weighted by Crippen LogP contribution is 2.34. The molecule has 0 radical (unpaired) electrons. The lowest BCUT2D eigenvalue weighted by molar-refractivity contribution is -0.147. The second-order valence-corrected chi connectivity index (χ2v) is 8.56. The predicted molar refractivity (Wildman–Crippen MR) is 105 cm³/mol. The Hall–Kier alpha value is -1.31. The van der Waals surface area contributed by atoms with Crippen LogP contribution < -0.4 is 0 Å². The van der Waals surface area contributed by atoms with Crippen LogP contribution in [-0.2, 0) is 17.6 Å². The number of hydrogen-bond donors (Lipinski definition) is 1. The SMILES string of the molecule is CC(C)(CCCCCc1ccccc1CCCCCC1CC1)C(=O)O. The molecule has 0 aliphatic heterocycles. The van der Waals surface area contributed by atoms with Gasteiger partial charge >= 0.3 is 5.97 Å². The largest absolute Gasteiger partial charge is 0.481 e. The molecule has 0 heterocycles. The van der Waals surface area contributed by atoms with E-state index in [4.69, 9.17) is 5.11 Å². The molecule has 2 nitrogen and oxygen atoms in total. The molecule has 140 valence electrons. The summed E-state index contributed by atoms with van der Waals surface area (Å²) in [5.74, 6) is 0.387. The number of carbonyl (C=O) groups is 1. The summed E-state index contributed by atoms with van der Waals surface area (Å²) in [5, 5.41) is 9.17. The smallest absolute Gasteiger partial charge is 0.309 e. The first-order chi connectivity index (χ1) is 12.0. The van der Waals surface area contributed by atoms with Crippen molar-refractivity contribution in [2.45, 2.75) is 90.9 Å². The van der Waals surface area contributed by atoms with Crippen LogP contribution >= 0.6 is 0 Å². The molecular weight excluding hydrogens is 308 g/mol. The number of carboxylic acids is 1. The second kappa shape index (κ2) is 9.99. The maximum Gasteiger partial charge on any atom is 0.309 e. The molecule has 25 heavy (non-hydrogen) atoms. The van der Waals surface area contributed by atoms with Crippen molar-refractivity contribution in [2.24, 2.45) is 11.3 Å². The molecule has 1 aliphatic rings. The van der Waals surface area contributed by atoms with E-state index in [1.54, 1.807) is 0 Å². The van der Waals surface area contributed by atoms with Crippen LogP contribution in [0.2, 0.25) is 0 Å². The quantitative estimate of drug-likeness (QED) is 0.420. The van der Waals surface area contributed by atoms with E-state index in [2.05, 4.69) is 24.3 Å². The minimum absolute atomic E-state index is 0.585. The van der Waals surface area contributed by atoms with E-state index in [0.29, 0.717) is 0 Å². The van der Waals surface area contributed by atoms with E-state index in [1.165, 1.54) is 56.1 Å². The third kappa shape index (κ3) is 7.63. The van der Waals surface area contributed by atoms with Gasteiger partial charge in [0.1, 0.15) is 0 Å².